The van der Waals surface area contributed by atoms with Crippen LogP contribution in [0.4, 0.5) is 13.2 Å². The largest absolute Gasteiger partial charge is 0.334 e. The molecule has 0 aliphatic heterocycles. The average molecular weight is 463 g/mol. The summed E-state index contributed by atoms with van der Waals surface area (Å²) in [6.07, 6.45) is 4.81. The van der Waals surface area contributed by atoms with Crippen molar-refractivity contribution in [1.29, 1.82) is 5.26 Å². The van der Waals surface area contributed by atoms with Crippen LogP contribution in [0.5, 0.6) is 0 Å². The highest BCUT2D eigenvalue weighted by Crippen LogP contribution is 2.42. The number of alkyl halides is 2. The zero-order chi connectivity index (χ0) is 23.0. The number of nitrogens with one attached hydrogen (secondary N) is 1. The molecule has 1 aromatic carbocycles. The zero-order valence-corrected chi connectivity index (χ0v) is 18.0. The normalized spacial score (nSPS) is 14.6. The van der Waals surface area contributed by atoms with Gasteiger partial charge in [-0.15, -0.1) is 0 Å². The molecule has 4 rings (SSSR count). The van der Waals surface area contributed by atoms with E-state index in [0.29, 0.717) is 22.2 Å². The Morgan fingerprint density at radius 2 is 1.91 bits per heavy atom. The van der Waals surface area contributed by atoms with Crippen molar-refractivity contribution in [3.63, 3.8) is 0 Å². The quantitative estimate of drug-likeness (QED) is 0.576. The van der Waals surface area contributed by atoms with Crippen molar-refractivity contribution < 1.29 is 21.6 Å². The Balaban J connectivity index is 1.84. The lowest BCUT2D eigenvalue weighted by atomic mass is 9.92. The third-order valence-electron chi connectivity index (χ3n) is 5.68. The molecular weight excluding hydrogens is 443 g/mol. The fourth-order valence-corrected chi connectivity index (χ4v) is 4.84. The minimum Gasteiger partial charge on any atom is -0.334 e. The summed E-state index contributed by atoms with van der Waals surface area (Å²) in [5.41, 5.74) is 1.72. The molecule has 1 saturated carbocycles. The summed E-state index contributed by atoms with van der Waals surface area (Å²) in [6.45, 7) is -0.751. The van der Waals surface area contributed by atoms with E-state index in [4.69, 9.17) is 0 Å². The lowest BCUT2D eigenvalue weighted by Crippen LogP contribution is -2.38. The minimum absolute atomic E-state index is 0.0861. The number of fused-ring (bicyclic) bond motifs is 1. The van der Waals surface area contributed by atoms with Crippen molar-refractivity contribution in [2.24, 2.45) is 0 Å². The van der Waals surface area contributed by atoms with E-state index in [9.17, 15) is 26.9 Å². The molecule has 32 heavy (non-hydrogen) atoms. The van der Waals surface area contributed by atoms with Crippen molar-refractivity contribution in [3.8, 4) is 17.6 Å². The van der Waals surface area contributed by atoms with Crippen molar-refractivity contribution in [1.82, 2.24) is 19.3 Å². The Hall–Kier alpha value is -2.97. The zero-order valence-electron chi connectivity index (χ0n) is 17.1. The minimum atomic E-state index is -4.23. The number of hydrogen-bond acceptors (Lipinski definition) is 5. The van der Waals surface area contributed by atoms with Gasteiger partial charge in [0.05, 0.1) is 29.5 Å². The standard InChI is InChI=1S/C21H20F3N5O2S/c1-12-5-19-16(6-18(12)24)17(9-25)20(29(19)14-3-2-4-14)21-26-10-15(11-27-21)32(30,31)28-13(7-22)8-23/h5-6,10-11,13-14,28H,2-4,7-8H2,1H3. The molecule has 2 heterocycles. The Morgan fingerprint density at radius 3 is 2.44 bits per heavy atom. The van der Waals surface area contributed by atoms with E-state index < -0.39 is 35.2 Å². The topological polar surface area (TPSA) is 101 Å². The third-order valence-corrected chi connectivity index (χ3v) is 7.15. The van der Waals surface area contributed by atoms with Crippen LogP contribution < -0.4 is 4.72 Å². The van der Waals surface area contributed by atoms with Crippen molar-refractivity contribution >= 4 is 20.9 Å². The first-order valence-corrected chi connectivity index (χ1v) is 11.5. The fourth-order valence-electron chi connectivity index (χ4n) is 3.76. The molecule has 1 aliphatic carbocycles. The summed E-state index contributed by atoms with van der Waals surface area (Å²) in [7, 11) is -4.23. The smallest absolute Gasteiger partial charge is 0.244 e. The first kappa shape index (κ1) is 22.2. The molecule has 168 valence electrons. The van der Waals surface area contributed by atoms with Crippen LogP contribution in [0.2, 0.25) is 0 Å². The molecule has 2 aromatic heterocycles. The summed E-state index contributed by atoms with van der Waals surface area (Å²) in [5, 5.41) is 10.3. The van der Waals surface area contributed by atoms with Crippen LogP contribution in [0.1, 0.15) is 36.4 Å². The summed E-state index contributed by atoms with van der Waals surface area (Å²) in [5.74, 6) is -0.329. The first-order chi connectivity index (χ1) is 15.3. The number of aromatic nitrogens is 3. The van der Waals surface area contributed by atoms with Gasteiger partial charge in [0.2, 0.25) is 10.0 Å². The van der Waals surface area contributed by atoms with Gasteiger partial charge in [-0.3, -0.25) is 0 Å². The third kappa shape index (κ3) is 3.73. The molecule has 7 nitrogen and oxygen atoms in total. The maximum absolute atomic E-state index is 14.3. The van der Waals surface area contributed by atoms with Crippen LogP contribution in [-0.2, 0) is 10.0 Å². The van der Waals surface area contributed by atoms with Gasteiger partial charge in [-0.05, 0) is 43.9 Å². The van der Waals surface area contributed by atoms with Gasteiger partial charge in [0.1, 0.15) is 35.8 Å². The van der Waals surface area contributed by atoms with Gasteiger partial charge in [0, 0.05) is 11.4 Å². The van der Waals surface area contributed by atoms with E-state index in [0.717, 1.165) is 31.7 Å². The molecule has 0 saturated heterocycles. The number of nitrogens with zero attached hydrogens (tertiary/aromatic N) is 4. The van der Waals surface area contributed by atoms with Crippen LogP contribution in [0.3, 0.4) is 0 Å². The molecule has 0 radical (unpaired) electrons. The Bertz CT molecular complexity index is 1310. The maximum atomic E-state index is 14.3. The Kier molecular flexibility index (Phi) is 5.92. The van der Waals surface area contributed by atoms with Gasteiger partial charge in [0.25, 0.3) is 0 Å². The van der Waals surface area contributed by atoms with E-state index in [1.54, 1.807) is 13.0 Å². The molecule has 1 aliphatic rings. The van der Waals surface area contributed by atoms with Crippen LogP contribution >= 0.6 is 0 Å². The monoisotopic (exact) mass is 463 g/mol. The second kappa shape index (κ2) is 8.52. The first-order valence-electron chi connectivity index (χ1n) is 10.0. The number of rotatable bonds is 7. The second-order valence-electron chi connectivity index (χ2n) is 7.78. The van der Waals surface area contributed by atoms with Gasteiger partial charge in [-0.2, -0.15) is 5.26 Å². The predicted molar refractivity (Wildman–Crippen MR) is 111 cm³/mol. The Morgan fingerprint density at radius 1 is 1.25 bits per heavy atom. The summed E-state index contributed by atoms with van der Waals surface area (Å²) in [6, 6.07) is 3.70. The van der Waals surface area contributed by atoms with Gasteiger partial charge >= 0.3 is 0 Å². The summed E-state index contributed by atoms with van der Waals surface area (Å²) in [4.78, 5) is 7.92. The molecule has 11 heteroatoms. The van der Waals surface area contributed by atoms with Gasteiger partial charge in [-0.1, -0.05) is 0 Å². The molecular formula is C21H20F3N5O2S. The lowest BCUT2D eigenvalue weighted by molar-refractivity contribution is 0.323. The highest BCUT2D eigenvalue weighted by Gasteiger charge is 2.30. The molecule has 1 fully saturated rings. The van der Waals surface area contributed by atoms with Crippen molar-refractivity contribution in [2.45, 2.75) is 43.2 Å². The molecule has 0 amide bonds. The Labute approximate surface area is 183 Å². The number of benzene rings is 1. The average Bonchev–Trinajstić information content (AvgIpc) is 3.04. The van der Waals surface area contributed by atoms with Crippen LogP contribution in [0.15, 0.2) is 29.4 Å². The van der Waals surface area contributed by atoms with E-state index >= 15 is 0 Å². The molecule has 0 unspecified atom stereocenters. The maximum Gasteiger partial charge on any atom is 0.244 e. The molecule has 3 aromatic rings. The number of aryl methyl sites for hydroxylation is 1. The highest BCUT2D eigenvalue weighted by molar-refractivity contribution is 7.89. The van der Waals surface area contributed by atoms with Crippen molar-refractivity contribution in [3.05, 3.63) is 41.5 Å². The molecule has 0 spiro atoms. The molecule has 0 atom stereocenters. The number of hydrogen-bond donors (Lipinski definition) is 1. The van der Waals surface area contributed by atoms with Crippen molar-refractivity contribution in [2.75, 3.05) is 13.3 Å². The van der Waals surface area contributed by atoms with Gasteiger partial charge in [-0.25, -0.2) is 36.3 Å². The number of halogens is 3. The van der Waals surface area contributed by atoms with E-state index in [2.05, 4.69) is 16.0 Å². The van der Waals surface area contributed by atoms with Gasteiger partial charge < -0.3 is 4.57 Å². The number of sulfonamides is 1. The van der Waals surface area contributed by atoms with E-state index in [1.807, 2.05) is 9.29 Å². The van der Waals surface area contributed by atoms with Crippen LogP contribution in [0.25, 0.3) is 22.4 Å². The van der Waals surface area contributed by atoms with Gasteiger partial charge in [0.15, 0.2) is 5.82 Å². The van der Waals surface area contributed by atoms with E-state index in [1.165, 1.54) is 6.07 Å². The van der Waals surface area contributed by atoms with E-state index in [-0.39, 0.29) is 22.3 Å². The van der Waals surface area contributed by atoms with Crippen LogP contribution in [0, 0.1) is 24.1 Å². The predicted octanol–water partition coefficient (Wildman–Crippen LogP) is 3.73. The van der Waals surface area contributed by atoms with Crippen LogP contribution in [-0.4, -0.2) is 42.3 Å². The lowest BCUT2D eigenvalue weighted by Gasteiger charge is -2.29. The SMILES string of the molecule is Cc1cc2c(cc1F)c(C#N)c(-c1ncc(S(=O)(=O)NC(CF)CF)cn1)n2C1CCC1. The molecule has 1 N–H and O–H groups in total. The highest BCUT2D eigenvalue weighted by atomic mass is 32.2. The summed E-state index contributed by atoms with van der Waals surface area (Å²) >= 11 is 0. The number of nitriles is 1. The molecule has 0 bridgehead atoms. The second-order valence-corrected chi connectivity index (χ2v) is 9.49. The fraction of sp³-hybridized carbons (Fsp3) is 0.381. The summed E-state index contributed by atoms with van der Waals surface area (Å²) < 4.78 is 68.3.